The van der Waals surface area contributed by atoms with Crippen LogP contribution in [0.25, 0.3) is 11.2 Å². The minimum atomic E-state index is -4.61. The molecule has 0 spiro atoms. The molecule has 1 fully saturated rings. The van der Waals surface area contributed by atoms with E-state index in [1.807, 2.05) is 0 Å². The van der Waals surface area contributed by atoms with Crippen LogP contribution in [0.2, 0.25) is 0 Å². The SMILES string of the molecule is O=c1[nH]c2cnc(NC[C@@H]3CCNC3)nc2n1Cc1cc(C(F)(F)F)ccc1F. The van der Waals surface area contributed by atoms with E-state index in [9.17, 15) is 22.4 Å². The molecule has 3 heterocycles. The van der Waals surface area contributed by atoms with Crippen molar-refractivity contribution in [3.63, 3.8) is 0 Å². The van der Waals surface area contributed by atoms with Crippen molar-refractivity contribution in [1.82, 2.24) is 24.8 Å². The number of nitrogens with one attached hydrogen (secondary N) is 3. The smallest absolute Gasteiger partial charge is 0.354 e. The molecule has 0 bridgehead atoms. The van der Waals surface area contributed by atoms with Crippen molar-refractivity contribution in [1.29, 1.82) is 0 Å². The third-order valence-corrected chi connectivity index (χ3v) is 4.92. The van der Waals surface area contributed by atoms with E-state index < -0.39 is 29.8 Å². The molecule has 3 N–H and O–H groups in total. The van der Waals surface area contributed by atoms with Gasteiger partial charge in [0.2, 0.25) is 5.95 Å². The number of rotatable bonds is 5. The van der Waals surface area contributed by atoms with Crippen LogP contribution in [-0.2, 0) is 12.7 Å². The largest absolute Gasteiger partial charge is 0.416 e. The van der Waals surface area contributed by atoms with Gasteiger partial charge in [0.25, 0.3) is 0 Å². The molecule has 1 aliphatic heterocycles. The summed E-state index contributed by atoms with van der Waals surface area (Å²) >= 11 is 0. The number of hydrogen-bond acceptors (Lipinski definition) is 5. The average Bonchev–Trinajstić information content (AvgIpc) is 3.29. The van der Waals surface area contributed by atoms with Crippen LogP contribution in [0.5, 0.6) is 0 Å². The van der Waals surface area contributed by atoms with Gasteiger partial charge < -0.3 is 15.6 Å². The van der Waals surface area contributed by atoms with Gasteiger partial charge in [-0.2, -0.15) is 18.2 Å². The molecule has 11 heteroatoms. The molecule has 1 saturated heterocycles. The number of nitrogens with zero attached hydrogens (tertiary/aromatic N) is 3. The van der Waals surface area contributed by atoms with Gasteiger partial charge >= 0.3 is 11.9 Å². The number of alkyl halides is 3. The number of aromatic nitrogens is 4. The topological polar surface area (TPSA) is 87.6 Å². The van der Waals surface area contributed by atoms with Gasteiger partial charge in [-0.1, -0.05) is 0 Å². The lowest BCUT2D eigenvalue weighted by atomic mass is 10.1. The first-order chi connectivity index (χ1) is 13.8. The molecule has 154 valence electrons. The second-order valence-corrected chi connectivity index (χ2v) is 6.99. The second-order valence-electron chi connectivity index (χ2n) is 6.99. The normalized spacial score (nSPS) is 17.2. The van der Waals surface area contributed by atoms with Crippen molar-refractivity contribution in [2.45, 2.75) is 19.1 Å². The van der Waals surface area contributed by atoms with Gasteiger partial charge in [-0.25, -0.2) is 14.2 Å². The number of fused-ring (bicyclic) bond motifs is 1. The minimum Gasteiger partial charge on any atom is -0.354 e. The summed E-state index contributed by atoms with van der Waals surface area (Å²) in [5.41, 5.74) is -1.34. The van der Waals surface area contributed by atoms with Crippen molar-refractivity contribution in [3.8, 4) is 0 Å². The van der Waals surface area contributed by atoms with Gasteiger partial charge in [0.05, 0.1) is 18.3 Å². The van der Waals surface area contributed by atoms with Crippen LogP contribution in [0.4, 0.5) is 23.5 Å². The molecule has 0 unspecified atom stereocenters. The summed E-state index contributed by atoms with van der Waals surface area (Å²) in [4.78, 5) is 23.3. The van der Waals surface area contributed by atoms with Crippen LogP contribution in [-0.4, -0.2) is 39.2 Å². The lowest BCUT2D eigenvalue weighted by Gasteiger charge is -2.11. The lowest BCUT2D eigenvalue weighted by Crippen LogP contribution is -2.20. The van der Waals surface area contributed by atoms with Gasteiger partial charge in [0.1, 0.15) is 11.3 Å². The van der Waals surface area contributed by atoms with E-state index in [4.69, 9.17) is 0 Å². The third-order valence-electron chi connectivity index (χ3n) is 4.92. The van der Waals surface area contributed by atoms with Crippen LogP contribution in [0, 0.1) is 11.7 Å². The summed E-state index contributed by atoms with van der Waals surface area (Å²) in [5.74, 6) is -0.107. The van der Waals surface area contributed by atoms with Gasteiger partial charge in [-0.05, 0) is 43.6 Å². The van der Waals surface area contributed by atoms with Crippen LogP contribution in [0.3, 0.4) is 0 Å². The number of H-pyrrole nitrogens is 1. The first-order valence-electron chi connectivity index (χ1n) is 9.07. The quantitative estimate of drug-likeness (QED) is 0.562. The Kier molecular flexibility index (Phi) is 4.99. The van der Waals surface area contributed by atoms with Crippen LogP contribution < -0.4 is 16.3 Å². The molecule has 0 amide bonds. The molecule has 3 aromatic rings. The predicted octanol–water partition coefficient (Wildman–Crippen LogP) is 2.35. The lowest BCUT2D eigenvalue weighted by molar-refractivity contribution is -0.137. The van der Waals surface area contributed by atoms with Crippen LogP contribution in [0.15, 0.2) is 29.2 Å². The first kappa shape index (κ1) is 19.4. The van der Waals surface area contributed by atoms with Gasteiger partial charge in [0, 0.05) is 12.1 Å². The maximum atomic E-state index is 14.1. The van der Waals surface area contributed by atoms with Gasteiger partial charge in [-0.3, -0.25) is 4.57 Å². The Labute approximate surface area is 162 Å². The van der Waals surface area contributed by atoms with E-state index in [0.717, 1.165) is 30.1 Å². The zero-order valence-corrected chi connectivity index (χ0v) is 15.2. The standard InChI is InChI=1S/C18H18F4N6O/c19-13-2-1-12(18(20,21)22)5-11(13)9-28-15-14(26-17(28)29)8-25-16(27-15)24-7-10-3-4-23-6-10/h1-2,5,8,10,23H,3-4,6-7,9H2,(H,26,29)(H,24,25,27)/t10-/m1/s1. The number of anilines is 1. The third kappa shape index (κ3) is 4.09. The van der Waals surface area contributed by atoms with E-state index in [-0.39, 0.29) is 11.2 Å². The maximum absolute atomic E-state index is 14.1. The highest BCUT2D eigenvalue weighted by Crippen LogP contribution is 2.30. The highest BCUT2D eigenvalue weighted by atomic mass is 19.4. The monoisotopic (exact) mass is 410 g/mol. The Morgan fingerprint density at radius 3 is 2.86 bits per heavy atom. The molecule has 7 nitrogen and oxygen atoms in total. The first-order valence-corrected chi connectivity index (χ1v) is 9.07. The Bertz CT molecular complexity index is 1080. The molecule has 1 aromatic carbocycles. The molecule has 0 radical (unpaired) electrons. The number of benzene rings is 1. The van der Waals surface area contributed by atoms with Crippen molar-refractivity contribution in [2.24, 2.45) is 5.92 Å². The van der Waals surface area contributed by atoms with Gasteiger partial charge in [0.15, 0.2) is 5.65 Å². The Balaban J connectivity index is 1.64. The van der Waals surface area contributed by atoms with Crippen molar-refractivity contribution in [3.05, 3.63) is 51.8 Å². The molecule has 0 saturated carbocycles. The van der Waals surface area contributed by atoms with E-state index in [1.165, 1.54) is 6.20 Å². The van der Waals surface area contributed by atoms with Gasteiger partial charge in [-0.15, -0.1) is 0 Å². The second kappa shape index (κ2) is 7.47. The highest BCUT2D eigenvalue weighted by molar-refractivity contribution is 5.71. The van der Waals surface area contributed by atoms with Crippen molar-refractivity contribution in [2.75, 3.05) is 25.0 Å². The minimum absolute atomic E-state index is 0.189. The summed E-state index contributed by atoms with van der Waals surface area (Å²) < 4.78 is 54.0. The van der Waals surface area contributed by atoms with E-state index in [2.05, 4.69) is 25.6 Å². The highest BCUT2D eigenvalue weighted by Gasteiger charge is 2.31. The number of halogens is 4. The molecule has 2 aromatic heterocycles. The van der Waals surface area contributed by atoms with E-state index in [0.29, 0.717) is 36.1 Å². The van der Waals surface area contributed by atoms with E-state index in [1.54, 1.807) is 0 Å². The number of imidazole rings is 1. The molecule has 1 atom stereocenters. The van der Waals surface area contributed by atoms with Crippen molar-refractivity contribution < 1.29 is 17.6 Å². The Hall–Kier alpha value is -2.95. The number of aromatic amines is 1. The summed E-state index contributed by atoms with van der Waals surface area (Å²) in [7, 11) is 0. The fourth-order valence-electron chi connectivity index (χ4n) is 3.34. The summed E-state index contributed by atoms with van der Waals surface area (Å²) in [6.07, 6.45) is -2.17. The summed E-state index contributed by atoms with van der Waals surface area (Å²) in [6.45, 7) is 2.10. The Morgan fingerprint density at radius 1 is 1.31 bits per heavy atom. The Morgan fingerprint density at radius 2 is 2.14 bits per heavy atom. The predicted molar refractivity (Wildman–Crippen MR) is 98.1 cm³/mol. The fraction of sp³-hybridized carbons (Fsp3) is 0.389. The summed E-state index contributed by atoms with van der Waals surface area (Å²) in [6, 6.07) is 2.11. The van der Waals surface area contributed by atoms with Crippen molar-refractivity contribution >= 4 is 17.1 Å². The van der Waals surface area contributed by atoms with Crippen LogP contribution in [0.1, 0.15) is 17.5 Å². The zero-order chi connectivity index (χ0) is 20.6. The van der Waals surface area contributed by atoms with Crippen LogP contribution >= 0.6 is 0 Å². The van der Waals surface area contributed by atoms with E-state index >= 15 is 0 Å². The number of hydrogen-bond donors (Lipinski definition) is 3. The molecule has 1 aliphatic rings. The average molecular weight is 410 g/mol. The molecule has 29 heavy (non-hydrogen) atoms. The zero-order valence-electron chi connectivity index (χ0n) is 15.2. The molecular weight excluding hydrogens is 392 g/mol. The molecular formula is C18H18F4N6O. The summed E-state index contributed by atoms with van der Waals surface area (Å²) in [5, 5.41) is 6.36. The molecule has 4 rings (SSSR count). The molecule has 0 aliphatic carbocycles. The maximum Gasteiger partial charge on any atom is 0.416 e. The fourth-order valence-corrected chi connectivity index (χ4v) is 3.34.